The summed E-state index contributed by atoms with van der Waals surface area (Å²) in [6.45, 7) is 4.27. The molecule has 0 unspecified atom stereocenters. The quantitative estimate of drug-likeness (QED) is 0.670. The van der Waals surface area contributed by atoms with E-state index in [2.05, 4.69) is 5.16 Å². The lowest BCUT2D eigenvalue weighted by atomic mass is 10.2. The van der Waals surface area contributed by atoms with Crippen molar-refractivity contribution in [1.29, 1.82) is 0 Å². The molecule has 1 aromatic carbocycles. The molecule has 1 atom stereocenters. The van der Waals surface area contributed by atoms with E-state index in [0.29, 0.717) is 36.0 Å². The number of aromatic nitrogens is 1. The predicted molar refractivity (Wildman–Crippen MR) is 99.0 cm³/mol. The maximum Gasteiger partial charge on any atom is 0.276 e. The fraction of sp³-hybridized carbons (Fsp3) is 0.500. The average molecular weight is 374 g/mol. The van der Waals surface area contributed by atoms with Gasteiger partial charge in [-0.2, -0.15) is 0 Å². The van der Waals surface area contributed by atoms with Crippen molar-refractivity contribution in [2.75, 3.05) is 26.8 Å². The predicted octanol–water partition coefficient (Wildman–Crippen LogP) is 3.29. The van der Waals surface area contributed by atoms with E-state index in [9.17, 15) is 4.79 Å². The topological polar surface area (TPSA) is 74.0 Å². The SMILES string of the molecule is CCCN(C[C@@H]1CCCO1)C(=O)c1cc(COc2cccc(OC)c2)on1. The fourth-order valence-electron chi connectivity index (χ4n) is 3.07. The number of methoxy groups -OCH3 is 1. The Balaban J connectivity index is 1.59. The molecule has 146 valence electrons. The Hall–Kier alpha value is -2.54. The van der Waals surface area contributed by atoms with Gasteiger partial charge in [-0.25, -0.2) is 0 Å². The molecular formula is C20H26N2O5. The van der Waals surface area contributed by atoms with Gasteiger partial charge in [0, 0.05) is 31.8 Å². The Morgan fingerprint density at radius 1 is 1.33 bits per heavy atom. The van der Waals surface area contributed by atoms with Crippen LogP contribution in [0.2, 0.25) is 0 Å². The molecule has 7 heteroatoms. The summed E-state index contributed by atoms with van der Waals surface area (Å²) in [4.78, 5) is 14.6. The van der Waals surface area contributed by atoms with Crippen molar-refractivity contribution >= 4 is 5.91 Å². The van der Waals surface area contributed by atoms with E-state index in [1.165, 1.54) is 0 Å². The van der Waals surface area contributed by atoms with Gasteiger partial charge in [0.05, 0.1) is 13.2 Å². The number of carbonyl (C=O) groups excluding carboxylic acids is 1. The molecule has 1 aliphatic rings. The van der Waals surface area contributed by atoms with Crippen LogP contribution in [-0.2, 0) is 11.3 Å². The smallest absolute Gasteiger partial charge is 0.276 e. The molecular weight excluding hydrogens is 348 g/mol. The largest absolute Gasteiger partial charge is 0.497 e. The van der Waals surface area contributed by atoms with Crippen molar-refractivity contribution in [3.05, 3.63) is 41.8 Å². The van der Waals surface area contributed by atoms with Crippen molar-refractivity contribution in [1.82, 2.24) is 10.1 Å². The molecule has 2 aromatic rings. The van der Waals surface area contributed by atoms with Crippen molar-refractivity contribution in [3.63, 3.8) is 0 Å². The molecule has 2 heterocycles. The Morgan fingerprint density at radius 3 is 2.93 bits per heavy atom. The third-order valence-corrected chi connectivity index (χ3v) is 4.43. The lowest BCUT2D eigenvalue weighted by Crippen LogP contribution is -2.38. The second-order valence-electron chi connectivity index (χ2n) is 6.53. The molecule has 0 radical (unpaired) electrons. The molecule has 0 N–H and O–H groups in total. The minimum absolute atomic E-state index is 0.114. The van der Waals surface area contributed by atoms with Gasteiger partial charge in [-0.05, 0) is 31.4 Å². The van der Waals surface area contributed by atoms with Crippen LogP contribution in [0.4, 0.5) is 0 Å². The molecule has 1 fully saturated rings. The van der Waals surface area contributed by atoms with Crippen LogP contribution in [0.5, 0.6) is 11.5 Å². The first-order valence-corrected chi connectivity index (χ1v) is 9.33. The Bertz CT molecular complexity index is 739. The Morgan fingerprint density at radius 2 is 2.19 bits per heavy atom. The summed E-state index contributed by atoms with van der Waals surface area (Å²) in [5, 5.41) is 3.93. The maximum absolute atomic E-state index is 12.8. The van der Waals surface area contributed by atoms with E-state index in [0.717, 1.165) is 25.9 Å². The second kappa shape index (κ2) is 9.41. The molecule has 0 spiro atoms. The highest BCUT2D eigenvalue weighted by Gasteiger charge is 2.25. The van der Waals surface area contributed by atoms with Gasteiger partial charge in [0.2, 0.25) is 0 Å². The van der Waals surface area contributed by atoms with Crippen LogP contribution in [0.3, 0.4) is 0 Å². The normalized spacial score (nSPS) is 16.3. The molecule has 1 amide bonds. The van der Waals surface area contributed by atoms with Gasteiger partial charge in [-0.1, -0.05) is 18.1 Å². The zero-order valence-electron chi connectivity index (χ0n) is 15.8. The van der Waals surface area contributed by atoms with Crippen LogP contribution in [0.1, 0.15) is 42.4 Å². The molecule has 0 aliphatic carbocycles. The Labute approximate surface area is 159 Å². The van der Waals surface area contributed by atoms with Gasteiger partial charge in [-0.3, -0.25) is 4.79 Å². The third-order valence-electron chi connectivity index (χ3n) is 4.43. The molecule has 1 aromatic heterocycles. The van der Waals surface area contributed by atoms with Gasteiger partial charge >= 0.3 is 0 Å². The average Bonchev–Trinajstić information content (AvgIpc) is 3.37. The van der Waals surface area contributed by atoms with Gasteiger partial charge < -0.3 is 23.6 Å². The number of carbonyl (C=O) groups is 1. The van der Waals surface area contributed by atoms with Crippen molar-refractivity contribution < 1.29 is 23.5 Å². The summed E-state index contributed by atoms with van der Waals surface area (Å²) in [7, 11) is 1.60. The van der Waals surface area contributed by atoms with Gasteiger partial charge in [0.1, 0.15) is 18.1 Å². The molecule has 0 bridgehead atoms. The van der Waals surface area contributed by atoms with Crippen molar-refractivity contribution in [2.24, 2.45) is 0 Å². The number of hydrogen-bond donors (Lipinski definition) is 0. The first-order valence-electron chi connectivity index (χ1n) is 9.33. The molecule has 1 aliphatic heterocycles. The molecule has 1 saturated heterocycles. The van der Waals surface area contributed by atoms with Crippen LogP contribution in [-0.4, -0.2) is 48.9 Å². The highest BCUT2D eigenvalue weighted by molar-refractivity contribution is 5.92. The molecule has 7 nitrogen and oxygen atoms in total. The second-order valence-corrected chi connectivity index (χ2v) is 6.53. The van der Waals surface area contributed by atoms with E-state index in [-0.39, 0.29) is 18.6 Å². The standard InChI is InChI=1S/C20H26N2O5/c1-3-9-22(13-17-8-5-10-25-17)20(23)19-12-18(27-21-19)14-26-16-7-4-6-15(11-16)24-2/h4,6-7,11-12,17H,3,5,8-10,13-14H2,1-2H3/t17-/m0/s1. The van der Waals surface area contributed by atoms with E-state index >= 15 is 0 Å². The number of nitrogens with zero attached hydrogens (tertiary/aromatic N) is 2. The van der Waals surface area contributed by atoms with E-state index in [1.807, 2.05) is 25.1 Å². The van der Waals surface area contributed by atoms with E-state index in [1.54, 1.807) is 24.1 Å². The number of benzene rings is 1. The van der Waals surface area contributed by atoms with Crippen LogP contribution < -0.4 is 9.47 Å². The van der Waals surface area contributed by atoms with Crippen LogP contribution >= 0.6 is 0 Å². The zero-order chi connectivity index (χ0) is 19.1. The fourth-order valence-corrected chi connectivity index (χ4v) is 3.07. The summed E-state index contributed by atoms with van der Waals surface area (Å²) in [5.74, 6) is 1.73. The lowest BCUT2D eigenvalue weighted by molar-refractivity contribution is 0.0518. The van der Waals surface area contributed by atoms with Gasteiger partial charge in [0.15, 0.2) is 11.5 Å². The summed E-state index contributed by atoms with van der Waals surface area (Å²) in [6.07, 6.45) is 3.03. The van der Waals surface area contributed by atoms with Crippen molar-refractivity contribution in [2.45, 2.75) is 38.9 Å². The third kappa shape index (κ3) is 5.23. The van der Waals surface area contributed by atoms with Gasteiger partial charge in [-0.15, -0.1) is 0 Å². The Kier molecular flexibility index (Phi) is 6.70. The number of amides is 1. The summed E-state index contributed by atoms with van der Waals surface area (Å²) in [5.41, 5.74) is 0.297. The first-order chi connectivity index (χ1) is 13.2. The minimum atomic E-state index is -0.135. The molecule has 0 saturated carbocycles. The molecule has 3 rings (SSSR count). The van der Waals surface area contributed by atoms with Gasteiger partial charge in [0.25, 0.3) is 5.91 Å². The van der Waals surface area contributed by atoms with Crippen LogP contribution in [0.15, 0.2) is 34.9 Å². The van der Waals surface area contributed by atoms with E-state index < -0.39 is 0 Å². The summed E-state index contributed by atoms with van der Waals surface area (Å²) >= 11 is 0. The monoisotopic (exact) mass is 374 g/mol. The maximum atomic E-state index is 12.8. The number of ether oxygens (including phenoxy) is 3. The summed E-state index contributed by atoms with van der Waals surface area (Å²) < 4.78 is 21.8. The molecule has 27 heavy (non-hydrogen) atoms. The summed E-state index contributed by atoms with van der Waals surface area (Å²) in [6, 6.07) is 8.94. The van der Waals surface area contributed by atoms with E-state index in [4.69, 9.17) is 18.7 Å². The van der Waals surface area contributed by atoms with Crippen LogP contribution in [0, 0.1) is 0 Å². The van der Waals surface area contributed by atoms with Crippen molar-refractivity contribution in [3.8, 4) is 11.5 Å². The zero-order valence-corrected chi connectivity index (χ0v) is 15.8. The number of rotatable bonds is 9. The highest BCUT2D eigenvalue weighted by Crippen LogP contribution is 2.20. The minimum Gasteiger partial charge on any atom is -0.497 e. The first kappa shape index (κ1) is 19.2. The van der Waals surface area contributed by atoms with Crippen LogP contribution in [0.25, 0.3) is 0 Å². The lowest BCUT2D eigenvalue weighted by Gasteiger charge is -2.24. The highest BCUT2D eigenvalue weighted by atomic mass is 16.5. The number of hydrogen-bond acceptors (Lipinski definition) is 6.